The molecule has 1 aliphatic heterocycles. The number of hydrogen-bond acceptors (Lipinski definition) is 2. The lowest BCUT2D eigenvalue weighted by molar-refractivity contribution is 0.0554. The molecule has 0 atom stereocenters. The van der Waals surface area contributed by atoms with Gasteiger partial charge in [-0.3, -0.25) is 0 Å². The normalized spacial score (nSPS) is 16.2. The zero-order valence-electron chi connectivity index (χ0n) is 5.99. The van der Waals surface area contributed by atoms with Crippen LogP contribution in [0.4, 0.5) is 4.79 Å². The molecule has 0 radical (unpaired) electrons. The van der Waals surface area contributed by atoms with Crippen molar-refractivity contribution in [2.24, 2.45) is 5.73 Å². The largest absolute Gasteiger partial charge is 0.378 e. The zero-order chi connectivity index (χ0) is 6.69. The lowest BCUT2D eigenvalue weighted by atomic mass is 10.4. The van der Waals surface area contributed by atoms with Gasteiger partial charge >= 0.3 is 6.03 Å². The number of hydrogen-bond donors (Lipinski definition) is 1. The lowest BCUT2D eigenvalue weighted by Crippen LogP contribution is -2.43. The van der Waals surface area contributed by atoms with Crippen LogP contribution in [0, 0.1) is 0 Å². The number of nitrogens with zero attached hydrogens (tertiary/aromatic N) is 1. The SMILES string of the molecule is Cl.Cl.NC(=O)N1CCOCC1. The second-order valence-electron chi connectivity index (χ2n) is 1.94. The molecule has 0 bridgehead atoms. The topological polar surface area (TPSA) is 55.6 Å². The van der Waals surface area contributed by atoms with E-state index in [-0.39, 0.29) is 30.8 Å². The third-order valence-corrected chi connectivity index (χ3v) is 1.32. The minimum atomic E-state index is -0.349. The zero-order valence-corrected chi connectivity index (χ0v) is 7.62. The predicted octanol–water partition coefficient (Wildman–Crippen LogP) is 0.241. The Hall–Kier alpha value is -0.190. The molecule has 0 aromatic heterocycles. The minimum absolute atomic E-state index is 0. The van der Waals surface area contributed by atoms with Gasteiger partial charge in [0.2, 0.25) is 0 Å². The summed E-state index contributed by atoms with van der Waals surface area (Å²) in [6.07, 6.45) is 0. The van der Waals surface area contributed by atoms with Gasteiger partial charge in [-0.1, -0.05) is 0 Å². The first-order valence-corrected chi connectivity index (χ1v) is 2.93. The molecule has 1 saturated heterocycles. The van der Waals surface area contributed by atoms with Gasteiger partial charge < -0.3 is 15.4 Å². The van der Waals surface area contributed by atoms with Crippen molar-refractivity contribution < 1.29 is 9.53 Å². The maximum atomic E-state index is 10.4. The number of rotatable bonds is 0. The van der Waals surface area contributed by atoms with Gasteiger partial charge in [0, 0.05) is 13.1 Å². The van der Waals surface area contributed by atoms with Crippen LogP contribution >= 0.6 is 24.8 Å². The van der Waals surface area contributed by atoms with Crippen LogP contribution in [0.5, 0.6) is 0 Å². The molecule has 2 amide bonds. The van der Waals surface area contributed by atoms with E-state index in [1.807, 2.05) is 0 Å². The van der Waals surface area contributed by atoms with Crippen molar-refractivity contribution in [1.82, 2.24) is 4.90 Å². The van der Waals surface area contributed by atoms with E-state index >= 15 is 0 Å². The van der Waals surface area contributed by atoms with E-state index < -0.39 is 0 Å². The smallest absolute Gasteiger partial charge is 0.314 e. The molecule has 6 heteroatoms. The minimum Gasteiger partial charge on any atom is -0.378 e. The maximum absolute atomic E-state index is 10.4. The molecular weight excluding hydrogens is 191 g/mol. The molecule has 1 aliphatic rings. The summed E-state index contributed by atoms with van der Waals surface area (Å²) in [6.45, 7) is 2.50. The van der Waals surface area contributed by atoms with Crippen molar-refractivity contribution in [2.75, 3.05) is 26.3 Å². The van der Waals surface area contributed by atoms with Crippen molar-refractivity contribution in [3.05, 3.63) is 0 Å². The van der Waals surface area contributed by atoms with Crippen LogP contribution in [0.15, 0.2) is 0 Å². The molecular formula is C5H12Cl2N2O2. The number of nitrogens with two attached hydrogens (primary N) is 1. The Morgan fingerprint density at radius 1 is 1.27 bits per heavy atom. The standard InChI is InChI=1S/C5H10N2O2.2ClH/c6-5(8)7-1-3-9-4-2-7;;/h1-4H2,(H2,6,8);2*1H. The Morgan fingerprint density at radius 2 is 1.73 bits per heavy atom. The Morgan fingerprint density at radius 3 is 2.00 bits per heavy atom. The number of primary amides is 1. The number of ether oxygens (including phenoxy) is 1. The Labute approximate surface area is 77.9 Å². The van der Waals surface area contributed by atoms with Crippen LogP contribution < -0.4 is 5.73 Å². The molecule has 0 unspecified atom stereocenters. The molecule has 0 aliphatic carbocycles. The van der Waals surface area contributed by atoms with Crippen LogP contribution in [0.25, 0.3) is 0 Å². The monoisotopic (exact) mass is 202 g/mol. The molecule has 0 saturated carbocycles. The molecule has 4 nitrogen and oxygen atoms in total. The number of carbonyl (C=O) groups is 1. The van der Waals surface area contributed by atoms with Gasteiger partial charge in [-0.25, -0.2) is 4.79 Å². The predicted molar refractivity (Wildman–Crippen MR) is 46.5 cm³/mol. The summed E-state index contributed by atoms with van der Waals surface area (Å²) in [4.78, 5) is 12.0. The first-order chi connectivity index (χ1) is 4.30. The van der Waals surface area contributed by atoms with E-state index in [1.165, 1.54) is 0 Å². The van der Waals surface area contributed by atoms with Gasteiger partial charge in [0.15, 0.2) is 0 Å². The fourth-order valence-electron chi connectivity index (χ4n) is 0.784. The summed E-state index contributed by atoms with van der Waals surface area (Å²) in [5.74, 6) is 0. The quantitative estimate of drug-likeness (QED) is 0.613. The summed E-state index contributed by atoms with van der Waals surface area (Å²) in [7, 11) is 0. The average Bonchev–Trinajstić information content (AvgIpc) is 1.90. The van der Waals surface area contributed by atoms with Crippen molar-refractivity contribution in [1.29, 1.82) is 0 Å². The van der Waals surface area contributed by atoms with E-state index in [9.17, 15) is 4.79 Å². The number of halogens is 2. The summed E-state index contributed by atoms with van der Waals surface area (Å²) in [6, 6.07) is -0.349. The highest BCUT2D eigenvalue weighted by molar-refractivity contribution is 5.85. The summed E-state index contributed by atoms with van der Waals surface area (Å²) < 4.78 is 5.00. The van der Waals surface area contributed by atoms with Crippen LogP contribution in [0.2, 0.25) is 0 Å². The summed E-state index contributed by atoms with van der Waals surface area (Å²) >= 11 is 0. The van der Waals surface area contributed by atoms with Gasteiger partial charge in [-0.2, -0.15) is 0 Å². The number of morpholine rings is 1. The molecule has 0 aromatic carbocycles. The second kappa shape index (κ2) is 6.52. The van der Waals surface area contributed by atoms with Gasteiger partial charge in [0.05, 0.1) is 13.2 Å². The summed E-state index contributed by atoms with van der Waals surface area (Å²) in [5.41, 5.74) is 5.00. The molecule has 0 spiro atoms. The average molecular weight is 203 g/mol. The lowest BCUT2D eigenvalue weighted by Gasteiger charge is -2.24. The first kappa shape index (κ1) is 13.4. The molecule has 0 aromatic rings. The number of carbonyl (C=O) groups excluding carboxylic acids is 1. The van der Waals surface area contributed by atoms with E-state index in [0.29, 0.717) is 26.3 Å². The van der Waals surface area contributed by atoms with E-state index in [1.54, 1.807) is 4.90 Å². The van der Waals surface area contributed by atoms with Crippen molar-refractivity contribution >= 4 is 30.8 Å². The third-order valence-electron chi connectivity index (χ3n) is 1.32. The van der Waals surface area contributed by atoms with Gasteiger partial charge in [0.25, 0.3) is 0 Å². The van der Waals surface area contributed by atoms with E-state index in [2.05, 4.69) is 0 Å². The molecule has 2 N–H and O–H groups in total. The summed E-state index contributed by atoms with van der Waals surface area (Å²) in [5, 5.41) is 0. The number of urea groups is 1. The maximum Gasteiger partial charge on any atom is 0.314 e. The highest BCUT2D eigenvalue weighted by Gasteiger charge is 2.12. The van der Waals surface area contributed by atoms with Crippen molar-refractivity contribution in [2.45, 2.75) is 0 Å². The highest BCUT2D eigenvalue weighted by atomic mass is 35.5. The van der Waals surface area contributed by atoms with Gasteiger partial charge in [-0.05, 0) is 0 Å². The van der Waals surface area contributed by atoms with Crippen LogP contribution in [-0.2, 0) is 4.74 Å². The Bertz CT molecular complexity index is 117. The van der Waals surface area contributed by atoms with Crippen LogP contribution in [0.3, 0.4) is 0 Å². The van der Waals surface area contributed by atoms with E-state index in [0.717, 1.165) is 0 Å². The Balaban J connectivity index is 0. The van der Waals surface area contributed by atoms with Gasteiger partial charge in [0.1, 0.15) is 0 Å². The number of amides is 2. The fraction of sp³-hybridized carbons (Fsp3) is 0.800. The van der Waals surface area contributed by atoms with E-state index in [4.69, 9.17) is 10.5 Å². The molecule has 1 fully saturated rings. The molecule has 1 rings (SSSR count). The van der Waals surface area contributed by atoms with Crippen molar-refractivity contribution in [3.63, 3.8) is 0 Å². The fourth-order valence-corrected chi connectivity index (χ4v) is 0.784. The Kier molecular flexibility index (Phi) is 7.94. The molecule has 68 valence electrons. The first-order valence-electron chi connectivity index (χ1n) is 2.93. The second-order valence-corrected chi connectivity index (χ2v) is 1.94. The highest BCUT2D eigenvalue weighted by Crippen LogP contribution is 1.94. The van der Waals surface area contributed by atoms with Gasteiger partial charge in [-0.15, -0.1) is 24.8 Å². The van der Waals surface area contributed by atoms with Crippen molar-refractivity contribution in [3.8, 4) is 0 Å². The third kappa shape index (κ3) is 4.29. The van der Waals surface area contributed by atoms with Crippen LogP contribution in [-0.4, -0.2) is 37.2 Å². The van der Waals surface area contributed by atoms with Crippen LogP contribution in [0.1, 0.15) is 0 Å². The molecule has 11 heavy (non-hydrogen) atoms. The molecule has 1 heterocycles.